The SMILES string of the molecule is CCOC(=O)c1cnn(-c2nc(OC)cc(OC)n2)c1Cl. The zero-order valence-electron chi connectivity index (χ0n) is 11.7. The van der Waals surface area contributed by atoms with Crippen molar-refractivity contribution < 1.29 is 19.0 Å². The number of aromatic nitrogens is 4. The number of nitrogens with zero attached hydrogens (tertiary/aromatic N) is 4. The minimum atomic E-state index is -0.566. The van der Waals surface area contributed by atoms with Gasteiger partial charge in [-0.3, -0.25) is 0 Å². The van der Waals surface area contributed by atoms with Crippen molar-refractivity contribution in [2.24, 2.45) is 0 Å². The predicted octanol–water partition coefficient (Wildman–Crippen LogP) is 1.51. The van der Waals surface area contributed by atoms with Crippen LogP contribution in [0.25, 0.3) is 5.95 Å². The number of hydrogen-bond donors (Lipinski definition) is 0. The molecule has 2 aromatic rings. The van der Waals surface area contributed by atoms with Gasteiger partial charge in [-0.25, -0.2) is 4.79 Å². The Labute approximate surface area is 125 Å². The van der Waals surface area contributed by atoms with E-state index in [9.17, 15) is 4.79 Å². The molecule has 0 fully saturated rings. The Morgan fingerprint density at radius 1 is 1.29 bits per heavy atom. The minimum absolute atomic E-state index is 0.0451. The molecule has 0 amide bonds. The summed E-state index contributed by atoms with van der Waals surface area (Å²) in [6, 6.07) is 1.51. The van der Waals surface area contributed by atoms with E-state index in [1.165, 1.54) is 31.2 Å². The normalized spacial score (nSPS) is 10.3. The van der Waals surface area contributed by atoms with Gasteiger partial charge in [0.05, 0.1) is 33.1 Å². The fraction of sp³-hybridized carbons (Fsp3) is 0.333. The van der Waals surface area contributed by atoms with Gasteiger partial charge >= 0.3 is 5.97 Å². The van der Waals surface area contributed by atoms with Gasteiger partial charge in [0.2, 0.25) is 11.8 Å². The van der Waals surface area contributed by atoms with E-state index in [-0.39, 0.29) is 35.0 Å². The lowest BCUT2D eigenvalue weighted by atomic mass is 10.4. The van der Waals surface area contributed by atoms with Crippen LogP contribution in [0.5, 0.6) is 11.8 Å². The number of esters is 1. The minimum Gasteiger partial charge on any atom is -0.481 e. The van der Waals surface area contributed by atoms with Crippen molar-refractivity contribution in [2.75, 3.05) is 20.8 Å². The number of hydrogen-bond acceptors (Lipinski definition) is 7. The Kier molecular flexibility index (Phi) is 4.59. The van der Waals surface area contributed by atoms with Gasteiger partial charge in [0.15, 0.2) is 5.15 Å². The van der Waals surface area contributed by atoms with Crippen LogP contribution >= 0.6 is 11.6 Å². The first-order valence-corrected chi connectivity index (χ1v) is 6.36. The Hall–Kier alpha value is -2.35. The van der Waals surface area contributed by atoms with Crippen LogP contribution in [0, 0.1) is 0 Å². The molecule has 0 bridgehead atoms. The van der Waals surface area contributed by atoms with Gasteiger partial charge < -0.3 is 14.2 Å². The molecule has 0 radical (unpaired) electrons. The van der Waals surface area contributed by atoms with Gasteiger partial charge in [-0.2, -0.15) is 19.7 Å². The van der Waals surface area contributed by atoms with E-state index in [0.29, 0.717) is 0 Å². The summed E-state index contributed by atoms with van der Waals surface area (Å²) >= 11 is 6.12. The van der Waals surface area contributed by atoms with Gasteiger partial charge in [0, 0.05) is 0 Å². The van der Waals surface area contributed by atoms with Gasteiger partial charge in [0.1, 0.15) is 5.56 Å². The lowest BCUT2D eigenvalue weighted by Gasteiger charge is -2.07. The third kappa shape index (κ3) is 3.05. The highest BCUT2D eigenvalue weighted by atomic mass is 35.5. The number of carbonyl (C=O) groups excluding carboxylic acids is 1. The number of ether oxygens (including phenoxy) is 3. The average molecular weight is 313 g/mol. The topological polar surface area (TPSA) is 88.4 Å². The fourth-order valence-corrected chi connectivity index (χ4v) is 1.76. The van der Waals surface area contributed by atoms with Crippen LogP contribution in [-0.4, -0.2) is 46.5 Å². The molecule has 8 nitrogen and oxygen atoms in total. The molecule has 9 heteroatoms. The maximum atomic E-state index is 11.7. The van der Waals surface area contributed by atoms with E-state index in [4.69, 9.17) is 25.8 Å². The van der Waals surface area contributed by atoms with Gasteiger partial charge in [-0.15, -0.1) is 0 Å². The Morgan fingerprint density at radius 3 is 2.43 bits per heavy atom. The first kappa shape index (κ1) is 15.0. The lowest BCUT2D eigenvalue weighted by Crippen LogP contribution is -2.07. The Balaban J connectivity index is 2.45. The first-order valence-electron chi connectivity index (χ1n) is 5.98. The summed E-state index contributed by atoms with van der Waals surface area (Å²) < 4.78 is 16.2. The molecule has 0 aliphatic rings. The van der Waals surface area contributed by atoms with Gasteiger partial charge in [-0.1, -0.05) is 11.6 Å². The number of halogens is 1. The van der Waals surface area contributed by atoms with Gasteiger partial charge in [0.25, 0.3) is 5.95 Å². The van der Waals surface area contributed by atoms with E-state index in [1.807, 2.05) is 0 Å². The number of rotatable bonds is 5. The van der Waals surface area contributed by atoms with Crippen molar-refractivity contribution in [3.05, 3.63) is 23.0 Å². The van der Waals surface area contributed by atoms with E-state index in [2.05, 4.69) is 15.1 Å². The van der Waals surface area contributed by atoms with Crippen molar-refractivity contribution in [3.63, 3.8) is 0 Å². The molecular formula is C12H13ClN4O4. The quantitative estimate of drug-likeness (QED) is 0.773. The highest BCUT2D eigenvalue weighted by Gasteiger charge is 2.20. The van der Waals surface area contributed by atoms with Crippen LogP contribution in [0.3, 0.4) is 0 Å². The predicted molar refractivity (Wildman–Crippen MR) is 73.2 cm³/mol. The molecule has 0 saturated carbocycles. The highest BCUT2D eigenvalue weighted by molar-refractivity contribution is 6.32. The summed E-state index contributed by atoms with van der Waals surface area (Å²) in [5.74, 6) is 0.109. The Bertz CT molecular complexity index is 636. The van der Waals surface area contributed by atoms with E-state index >= 15 is 0 Å². The zero-order valence-corrected chi connectivity index (χ0v) is 12.4. The second kappa shape index (κ2) is 6.40. The van der Waals surface area contributed by atoms with Crippen LogP contribution in [-0.2, 0) is 4.74 Å². The molecule has 0 aliphatic carbocycles. The molecule has 0 saturated heterocycles. The second-order valence-corrected chi connectivity index (χ2v) is 4.09. The smallest absolute Gasteiger partial charge is 0.342 e. The average Bonchev–Trinajstić information content (AvgIpc) is 2.88. The fourth-order valence-electron chi connectivity index (χ4n) is 1.51. The van der Waals surface area contributed by atoms with Crippen molar-refractivity contribution in [1.29, 1.82) is 0 Å². The molecule has 0 aromatic carbocycles. The van der Waals surface area contributed by atoms with E-state index < -0.39 is 5.97 Å². The van der Waals surface area contributed by atoms with Crippen molar-refractivity contribution >= 4 is 17.6 Å². The summed E-state index contributed by atoms with van der Waals surface area (Å²) in [5, 5.41) is 4.03. The van der Waals surface area contributed by atoms with Crippen LogP contribution < -0.4 is 9.47 Å². The number of methoxy groups -OCH3 is 2. The van der Waals surface area contributed by atoms with Crippen LogP contribution in [0.15, 0.2) is 12.3 Å². The third-order valence-electron chi connectivity index (χ3n) is 2.48. The van der Waals surface area contributed by atoms with E-state index in [1.54, 1.807) is 6.92 Å². The molecule has 0 N–H and O–H groups in total. The van der Waals surface area contributed by atoms with Crippen molar-refractivity contribution in [1.82, 2.24) is 19.7 Å². The summed E-state index contributed by atoms with van der Waals surface area (Å²) in [6.45, 7) is 1.94. The standard InChI is InChI=1S/C12H13ClN4O4/c1-4-21-11(18)7-6-14-17(10(7)13)12-15-8(19-2)5-9(16-12)20-3/h5-6H,4H2,1-3H3. The maximum Gasteiger partial charge on any atom is 0.342 e. The molecule has 112 valence electrons. The molecule has 2 heterocycles. The lowest BCUT2D eigenvalue weighted by molar-refractivity contribution is 0.0526. The van der Waals surface area contributed by atoms with Gasteiger partial charge in [-0.05, 0) is 6.92 Å². The molecule has 0 unspecified atom stereocenters. The summed E-state index contributed by atoms with van der Waals surface area (Å²) in [5.41, 5.74) is 0.129. The molecular weight excluding hydrogens is 300 g/mol. The maximum absolute atomic E-state index is 11.7. The van der Waals surface area contributed by atoms with Crippen LogP contribution in [0.2, 0.25) is 5.15 Å². The summed E-state index contributed by atoms with van der Waals surface area (Å²) in [4.78, 5) is 19.9. The Morgan fingerprint density at radius 2 is 1.90 bits per heavy atom. The molecule has 0 atom stereocenters. The molecule has 0 aliphatic heterocycles. The summed E-state index contributed by atoms with van der Waals surface area (Å²) in [6.07, 6.45) is 1.29. The highest BCUT2D eigenvalue weighted by Crippen LogP contribution is 2.22. The van der Waals surface area contributed by atoms with E-state index in [0.717, 1.165) is 0 Å². The molecule has 21 heavy (non-hydrogen) atoms. The summed E-state index contributed by atoms with van der Waals surface area (Å²) in [7, 11) is 2.92. The monoisotopic (exact) mass is 312 g/mol. The zero-order chi connectivity index (χ0) is 15.4. The van der Waals surface area contributed by atoms with Crippen molar-refractivity contribution in [3.8, 4) is 17.7 Å². The third-order valence-corrected chi connectivity index (χ3v) is 2.84. The van der Waals surface area contributed by atoms with Crippen LogP contribution in [0.4, 0.5) is 0 Å². The van der Waals surface area contributed by atoms with Crippen LogP contribution in [0.1, 0.15) is 17.3 Å². The van der Waals surface area contributed by atoms with Crippen molar-refractivity contribution in [2.45, 2.75) is 6.92 Å². The molecule has 0 spiro atoms. The largest absolute Gasteiger partial charge is 0.481 e. The molecule has 2 aromatic heterocycles. The first-order chi connectivity index (χ1) is 10.1. The number of carbonyl (C=O) groups is 1. The molecule has 2 rings (SSSR count). The second-order valence-electron chi connectivity index (χ2n) is 3.73.